The van der Waals surface area contributed by atoms with Crippen molar-refractivity contribution in [1.29, 1.82) is 0 Å². The average Bonchev–Trinajstić information content (AvgIpc) is 2.53. The fourth-order valence-electron chi connectivity index (χ4n) is 2.78. The zero-order valence-electron chi connectivity index (χ0n) is 12.3. The highest BCUT2D eigenvalue weighted by Crippen LogP contribution is 2.34. The third kappa shape index (κ3) is 3.01. The summed E-state index contributed by atoms with van der Waals surface area (Å²) in [6.07, 6.45) is 2.05. The SMILES string of the molecule is C[C@]1(O)C=CC(=O)[C@H](C(c2ccccc2)c2ccccc2)O1. The summed E-state index contributed by atoms with van der Waals surface area (Å²) in [7, 11) is 0. The predicted octanol–water partition coefficient (Wildman–Crippen LogP) is 3.05. The number of hydrogen-bond donors (Lipinski definition) is 1. The first-order chi connectivity index (χ1) is 10.6. The van der Waals surface area contributed by atoms with Crippen LogP contribution in [0.3, 0.4) is 0 Å². The average molecular weight is 294 g/mol. The van der Waals surface area contributed by atoms with E-state index in [4.69, 9.17) is 4.74 Å². The van der Waals surface area contributed by atoms with Gasteiger partial charge in [0, 0.05) is 5.92 Å². The number of carbonyl (C=O) groups excluding carboxylic acids is 1. The van der Waals surface area contributed by atoms with Crippen molar-refractivity contribution in [2.24, 2.45) is 0 Å². The lowest BCUT2D eigenvalue weighted by atomic mass is 9.83. The molecule has 0 aromatic heterocycles. The molecule has 3 heteroatoms. The van der Waals surface area contributed by atoms with Gasteiger partial charge in [0.15, 0.2) is 11.6 Å². The van der Waals surface area contributed by atoms with Crippen molar-refractivity contribution in [2.45, 2.75) is 24.7 Å². The number of rotatable bonds is 3. The Kier molecular flexibility index (Phi) is 3.92. The Morgan fingerprint density at radius 1 is 1.00 bits per heavy atom. The van der Waals surface area contributed by atoms with E-state index in [1.165, 1.54) is 19.1 Å². The number of ketones is 1. The third-order valence-electron chi connectivity index (χ3n) is 3.82. The molecule has 0 fully saturated rings. The number of aliphatic hydroxyl groups is 1. The Hall–Kier alpha value is -2.23. The lowest BCUT2D eigenvalue weighted by Gasteiger charge is -2.34. The Morgan fingerprint density at radius 3 is 2.00 bits per heavy atom. The van der Waals surface area contributed by atoms with Gasteiger partial charge >= 0.3 is 0 Å². The number of benzene rings is 2. The number of hydrogen-bond acceptors (Lipinski definition) is 3. The van der Waals surface area contributed by atoms with Crippen LogP contribution in [0.5, 0.6) is 0 Å². The lowest BCUT2D eigenvalue weighted by molar-refractivity contribution is -0.195. The van der Waals surface area contributed by atoms with Crippen molar-refractivity contribution in [3.05, 3.63) is 83.9 Å². The van der Waals surface area contributed by atoms with Crippen LogP contribution in [0.15, 0.2) is 72.8 Å². The van der Waals surface area contributed by atoms with E-state index >= 15 is 0 Å². The summed E-state index contributed by atoms with van der Waals surface area (Å²) < 4.78 is 5.68. The zero-order valence-corrected chi connectivity index (χ0v) is 12.3. The minimum atomic E-state index is -1.43. The van der Waals surface area contributed by atoms with Gasteiger partial charge in [-0.05, 0) is 30.2 Å². The first-order valence-corrected chi connectivity index (χ1v) is 7.30. The van der Waals surface area contributed by atoms with Crippen molar-refractivity contribution in [2.75, 3.05) is 0 Å². The van der Waals surface area contributed by atoms with Crippen LogP contribution in [0.2, 0.25) is 0 Å². The molecule has 3 rings (SSSR count). The molecular formula is C19H18O3. The van der Waals surface area contributed by atoms with Crippen LogP contribution < -0.4 is 0 Å². The van der Waals surface area contributed by atoms with E-state index in [1.807, 2.05) is 60.7 Å². The molecule has 0 saturated carbocycles. The van der Waals surface area contributed by atoms with Gasteiger partial charge in [0.1, 0.15) is 6.10 Å². The third-order valence-corrected chi connectivity index (χ3v) is 3.82. The van der Waals surface area contributed by atoms with Crippen LogP contribution in [0, 0.1) is 0 Å². The van der Waals surface area contributed by atoms with Crippen LogP contribution in [-0.4, -0.2) is 22.8 Å². The highest BCUT2D eigenvalue weighted by Gasteiger charge is 2.38. The molecule has 2 aromatic rings. The van der Waals surface area contributed by atoms with Gasteiger partial charge in [-0.2, -0.15) is 0 Å². The van der Waals surface area contributed by atoms with E-state index in [0.717, 1.165) is 11.1 Å². The second kappa shape index (κ2) is 5.87. The first kappa shape index (κ1) is 14.7. The summed E-state index contributed by atoms with van der Waals surface area (Å²) in [4.78, 5) is 12.3. The van der Waals surface area contributed by atoms with Crippen molar-refractivity contribution in [3.8, 4) is 0 Å². The van der Waals surface area contributed by atoms with Crippen molar-refractivity contribution in [3.63, 3.8) is 0 Å². The second-order valence-electron chi connectivity index (χ2n) is 5.63. The fraction of sp³-hybridized carbons (Fsp3) is 0.211. The smallest absolute Gasteiger partial charge is 0.185 e. The summed E-state index contributed by atoms with van der Waals surface area (Å²) in [6.45, 7) is 1.54. The Bertz CT molecular complexity index is 635. The van der Waals surface area contributed by atoms with Crippen molar-refractivity contribution < 1.29 is 14.6 Å². The van der Waals surface area contributed by atoms with Crippen LogP contribution in [0.25, 0.3) is 0 Å². The molecule has 0 spiro atoms. The van der Waals surface area contributed by atoms with Crippen LogP contribution in [-0.2, 0) is 9.53 Å². The van der Waals surface area contributed by atoms with E-state index in [9.17, 15) is 9.90 Å². The standard InChI is InChI=1S/C19H18O3/c1-19(21)13-12-16(20)18(22-19)17(14-8-4-2-5-9-14)15-10-6-3-7-11-15/h2-13,17-18,21H,1H3/t18-,19-/m1/s1. The van der Waals surface area contributed by atoms with Crippen LogP contribution >= 0.6 is 0 Å². The molecule has 2 atom stereocenters. The number of carbonyl (C=O) groups is 1. The topological polar surface area (TPSA) is 46.5 Å². The van der Waals surface area contributed by atoms with Gasteiger partial charge in [-0.3, -0.25) is 4.79 Å². The maximum atomic E-state index is 12.3. The molecule has 112 valence electrons. The lowest BCUT2D eigenvalue weighted by Crippen LogP contribution is -2.43. The van der Waals surface area contributed by atoms with Gasteiger partial charge in [-0.25, -0.2) is 0 Å². The summed E-state index contributed by atoms with van der Waals surface area (Å²) >= 11 is 0. The summed E-state index contributed by atoms with van der Waals surface area (Å²) in [5, 5.41) is 10.1. The molecule has 0 unspecified atom stereocenters. The molecule has 0 bridgehead atoms. The molecule has 0 aliphatic carbocycles. The Labute approximate surface area is 129 Å². The second-order valence-corrected chi connectivity index (χ2v) is 5.63. The zero-order chi connectivity index (χ0) is 15.6. The normalized spacial score (nSPS) is 24.7. The van der Waals surface area contributed by atoms with E-state index in [1.54, 1.807) is 0 Å². The summed E-state index contributed by atoms with van der Waals surface area (Å²) in [5.41, 5.74) is 1.97. The molecule has 1 N–H and O–H groups in total. The molecule has 1 heterocycles. The van der Waals surface area contributed by atoms with Crippen molar-refractivity contribution in [1.82, 2.24) is 0 Å². The highest BCUT2D eigenvalue weighted by molar-refractivity contribution is 5.95. The van der Waals surface area contributed by atoms with E-state index in [-0.39, 0.29) is 11.7 Å². The molecular weight excluding hydrogens is 276 g/mol. The predicted molar refractivity (Wildman–Crippen MR) is 84.4 cm³/mol. The quantitative estimate of drug-likeness (QED) is 0.946. The molecule has 2 aromatic carbocycles. The molecule has 0 radical (unpaired) electrons. The molecule has 0 amide bonds. The molecule has 1 aliphatic heterocycles. The van der Waals surface area contributed by atoms with Crippen molar-refractivity contribution >= 4 is 5.78 Å². The van der Waals surface area contributed by atoms with Crippen LogP contribution in [0.1, 0.15) is 24.0 Å². The van der Waals surface area contributed by atoms with Gasteiger partial charge in [-0.15, -0.1) is 0 Å². The minimum absolute atomic E-state index is 0.135. The minimum Gasteiger partial charge on any atom is -0.362 e. The van der Waals surface area contributed by atoms with Crippen LogP contribution in [0.4, 0.5) is 0 Å². The summed E-state index contributed by atoms with van der Waals surface area (Å²) in [5.74, 6) is -1.82. The molecule has 3 nitrogen and oxygen atoms in total. The van der Waals surface area contributed by atoms with E-state index < -0.39 is 11.9 Å². The molecule has 22 heavy (non-hydrogen) atoms. The first-order valence-electron chi connectivity index (χ1n) is 7.30. The van der Waals surface area contributed by atoms with Gasteiger partial charge in [-0.1, -0.05) is 60.7 Å². The maximum Gasteiger partial charge on any atom is 0.185 e. The Morgan fingerprint density at radius 2 is 1.50 bits per heavy atom. The largest absolute Gasteiger partial charge is 0.362 e. The van der Waals surface area contributed by atoms with E-state index in [2.05, 4.69) is 0 Å². The molecule has 1 aliphatic rings. The fourth-order valence-corrected chi connectivity index (χ4v) is 2.78. The van der Waals surface area contributed by atoms with Gasteiger partial charge < -0.3 is 9.84 Å². The highest BCUT2D eigenvalue weighted by atomic mass is 16.6. The maximum absolute atomic E-state index is 12.3. The van der Waals surface area contributed by atoms with Gasteiger partial charge in [0.05, 0.1) is 0 Å². The Balaban J connectivity index is 2.07. The summed E-state index contributed by atoms with van der Waals surface area (Å²) in [6, 6.07) is 19.5. The molecule has 0 saturated heterocycles. The van der Waals surface area contributed by atoms with Gasteiger partial charge in [0.2, 0.25) is 0 Å². The monoisotopic (exact) mass is 294 g/mol. The van der Waals surface area contributed by atoms with E-state index in [0.29, 0.717) is 0 Å². The van der Waals surface area contributed by atoms with Gasteiger partial charge in [0.25, 0.3) is 0 Å². The number of ether oxygens (including phenoxy) is 1.